The van der Waals surface area contributed by atoms with Crippen molar-refractivity contribution in [3.63, 3.8) is 0 Å². The largest absolute Gasteiger partial charge is 0.340 e. The number of carbonyl (C=O) groups excluding carboxylic acids is 1. The third kappa shape index (κ3) is 6.95. The zero-order valence-corrected chi connectivity index (χ0v) is 26.3. The van der Waals surface area contributed by atoms with Crippen molar-refractivity contribution in [2.75, 3.05) is 31.9 Å². The summed E-state index contributed by atoms with van der Waals surface area (Å²) in [7, 11) is 0. The second-order valence-corrected chi connectivity index (χ2v) is 12.5. The van der Waals surface area contributed by atoms with Crippen LogP contribution in [-0.4, -0.2) is 62.4 Å². The van der Waals surface area contributed by atoms with E-state index in [2.05, 4.69) is 143 Å². The molecule has 0 radical (unpaired) electrons. The monoisotopic (exact) mass is 601 g/mol. The second kappa shape index (κ2) is 14.1. The zero-order valence-electron chi connectivity index (χ0n) is 25.5. The molecule has 0 bridgehead atoms. The van der Waals surface area contributed by atoms with E-state index < -0.39 is 0 Å². The Kier molecular flexibility index (Phi) is 9.54. The highest BCUT2D eigenvalue weighted by molar-refractivity contribution is 7.99. The number of carbonyl (C=O) groups is 1. The summed E-state index contributed by atoms with van der Waals surface area (Å²) in [5.74, 6) is 1.87. The van der Waals surface area contributed by atoms with Crippen LogP contribution in [0.15, 0.2) is 114 Å². The number of amides is 1. The summed E-state index contributed by atoms with van der Waals surface area (Å²) in [6, 6.07) is 38.4. The molecule has 44 heavy (non-hydrogen) atoms. The van der Waals surface area contributed by atoms with Crippen LogP contribution in [0.4, 0.5) is 0 Å². The van der Waals surface area contributed by atoms with E-state index >= 15 is 0 Å². The second-order valence-electron chi connectivity index (χ2n) is 11.4. The van der Waals surface area contributed by atoms with E-state index in [1.807, 2.05) is 4.90 Å². The van der Waals surface area contributed by atoms with Gasteiger partial charge in [-0.2, -0.15) is 0 Å². The highest BCUT2D eigenvalue weighted by Crippen LogP contribution is 2.31. The van der Waals surface area contributed by atoms with Gasteiger partial charge in [-0.05, 0) is 43.5 Å². The fourth-order valence-corrected chi connectivity index (χ4v) is 6.73. The molecule has 7 heteroatoms. The number of hydrogen-bond donors (Lipinski definition) is 0. The summed E-state index contributed by atoms with van der Waals surface area (Å²) >= 11 is 1.66. The van der Waals surface area contributed by atoms with Gasteiger partial charge in [0, 0.05) is 49.6 Å². The molecule has 0 spiro atoms. The Labute approximate surface area is 264 Å². The molecule has 224 valence electrons. The third-order valence-electron chi connectivity index (χ3n) is 8.26. The molecule has 1 fully saturated rings. The average molecular weight is 602 g/mol. The van der Waals surface area contributed by atoms with Gasteiger partial charge in [-0.25, -0.2) is 0 Å². The van der Waals surface area contributed by atoms with Crippen LogP contribution in [0.25, 0.3) is 17.1 Å². The van der Waals surface area contributed by atoms with Gasteiger partial charge in [0.05, 0.1) is 6.04 Å². The zero-order chi connectivity index (χ0) is 30.3. The topological polar surface area (TPSA) is 54.3 Å². The normalized spacial score (nSPS) is 13.8. The summed E-state index contributed by atoms with van der Waals surface area (Å²) in [6.07, 6.45) is 1.33. The quantitative estimate of drug-likeness (QED) is 0.124. The lowest BCUT2D eigenvalue weighted by Crippen LogP contribution is -2.49. The van der Waals surface area contributed by atoms with E-state index in [0.29, 0.717) is 6.42 Å². The fourth-order valence-electron chi connectivity index (χ4n) is 5.84. The molecular formula is C37H39N5OS. The first-order valence-corrected chi connectivity index (χ1v) is 16.4. The summed E-state index contributed by atoms with van der Waals surface area (Å²) in [5, 5.41) is 10.00. The van der Waals surface area contributed by atoms with Crippen LogP contribution < -0.4 is 0 Å². The molecule has 1 aromatic heterocycles. The van der Waals surface area contributed by atoms with Gasteiger partial charge in [0.1, 0.15) is 0 Å². The lowest BCUT2D eigenvalue weighted by molar-refractivity contribution is -0.133. The van der Waals surface area contributed by atoms with E-state index in [4.69, 9.17) is 0 Å². The standard InChI is InChI=1S/C37H39N5OS/c1-28-15-19-32(20-16-28)36-38-39-37(42(36)33-21-17-29(2)18-22-33)44-27-9-14-34(43)40-23-25-41(26-24-40)35(30-10-5-3-6-11-30)31-12-7-4-8-13-31/h3-8,10-13,15-22,35H,9,14,23-27H2,1-2H3. The SMILES string of the molecule is Cc1ccc(-c2nnc(SCCCC(=O)N3CCN(C(c4ccccc4)c4ccccc4)CC3)n2-c2ccc(C)cc2)cc1. The average Bonchev–Trinajstić information content (AvgIpc) is 3.49. The van der Waals surface area contributed by atoms with Gasteiger partial charge in [-0.15, -0.1) is 10.2 Å². The molecule has 1 saturated heterocycles. The minimum atomic E-state index is 0.196. The minimum Gasteiger partial charge on any atom is -0.340 e. The van der Waals surface area contributed by atoms with Crippen LogP contribution in [0.3, 0.4) is 0 Å². The molecule has 1 amide bonds. The maximum atomic E-state index is 13.2. The van der Waals surface area contributed by atoms with Crippen LogP contribution in [0.2, 0.25) is 0 Å². The number of rotatable bonds is 10. The highest BCUT2D eigenvalue weighted by Gasteiger charge is 2.28. The molecule has 0 atom stereocenters. The van der Waals surface area contributed by atoms with Crippen molar-refractivity contribution in [1.82, 2.24) is 24.6 Å². The number of thioether (sulfide) groups is 1. The smallest absolute Gasteiger partial charge is 0.222 e. The van der Waals surface area contributed by atoms with Crippen molar-refractivity contribution in [3.8, 4) is 17.1 Å². The number of aryl methyl sites for hydroxylation is 2. The number of hydrogen-bond acceptors (Lipinski definition) is 5. The maximum absolute atomic E-state index is 13.2. The first-order valence-electron chi connectivity index (χ1n) is 15.4. The van der Waals surface area contributed by atoms with Crippen molar-refractivity contribution < 1.29 is 4.79 Å². The van der Waals surface area contributed by atoms with Gasteiger partial charge in [0.25, 0.3) is 0 Å². The van der Waals surface area contributed by atoms with Crippen molar-refractivity contribution in [3.05, 3.63) is 131 Å². The summed E-state index contributed by atoms with van der Waals surface area (Å²) in [4.78, 5) is 17.8. The van der Waals surface area contributed by atoms with Crippen LogP contribution in [-0.2, 0) is 4.79 Å². The molecule has 0 N–H and O–H groups in total. The number of benzene rings is 4. The molecule has 0 unspecified atom stereocenters. The summed E-state index contributed by atoms with van der Waals surface area (Å²) in [5.41, 5.74) is 7.08. The van der Waals surface area contributed by atoms with Crippen LogP contribution >= 0.6 is 11.8 Å². The fraction of sp³-hybridized carbons (Fsp3) is 0.270. The van der Waals surface area contributed by atoms with Gasteiger partial charge in [0.2, 0.25) is 5.91 Å². The molecule has 0 aliphatic carbocycles. The Morgan fingerprint density at radius 1 is 0.727 bits per heavy atom. The van der Waals surface area contributed by atoms with E-state index in [0.717, 1.165) is 60.6 Å². The summed E-state index contributed by atoms with van der Waals surface area (Å²) in [6.45, 7) is 7.40. The van der Waals surface area contributed by atoms with Gasteiger partial charge in [0.15, 0.2) is 11.0 Å². The highest BCUT2D eigenvalue weighted by atomic mass is 32.2. The van der Waals surface area contributed by atoms with Crippen molar-refractivity contribution in [2.24, 2.45) is 0 Å². The number of piperazine rings is 1. The molecule has 5 aromatic rings. The van der Waals surface area contributed by atoms with E-state index in [9.17, 15) is 4.79 Å². The Hall–Kier alpha value is -4.20. The Morgan fingerprint density at radius 2 is 1.30 bits per heavy atom. The van der Waals surface area contributed by atoms with E-state index in [1.165, 1.54) is 22.3 Å². The molecule has 6 nitrogen and oxygen atoms in total. The molecular weight excluding hydrogens is 563 g/mol. The van der Waals surface area contributed by atoms with Crippen molar-refractivity contribution >= 4 is 17.7 Å². The number of aromatic nitrogens is 3. The van der Waals surface area contributed by atoms with Gasteiger partial charge < -0.3 is 4.90 Å². The predicted molar refractivity (Wildman–Crippen MR) is 179 cm³/mol. The molecule has 2 heterocycles. The minimum absolute atomic E-state index is 0.196. The van der Waals surface area contributed by atoms with E-state index in [1.54, 1.807) is 11.8 Å². The van der Waals surface area contributed by atoms with Crippen LogP contribution in [0, 0.1) is 13.8 Å². The van der Waals surface area contributed by atoms with Gasteiger partial charge in [-0.1, -0.05) is 120 Å². The molecule has 1 aliphatic heterocycles. The molecule has 1 aliphatic rings. The number of nitrogens with zero attached hydrogens (tertiary/aromatic N) is 5. The van der Waals surface area contributed by atoms with Crippen molar-refractivity contribution in [1.29, 1.82) is 0 Å². The Bertz CT molecular complexity index is 1600. The summed E-state index contributed by atoms with van der Waals surface area (Å²) < 4.78 is 2.13. The van der Waals surface area contributed by atoms with Crippen LogP contribution in [0.5, 0.6) is 0 Å². The molecule has 6 rings (SSSR count). The molecule has 4 aromatic carbocycles. The predicted octanol–water partition coefficient (Wildman–Crippen LogP) is 7.36. The maximum Gasteiger partial charge on any atom is 0.222 e. The van der Waals surface area contributed by atoms with E-state index in [-0.39, 0.29) is 11.9 Å². The van der Waals surface area contributed by atoms with Gasteiger partial charge in [-0.3, -0.25) is 14.3 Å². The molecule has 0 saturated carbocycles. The lowest BCUT2D eigenvalue weighted by Gasteiger charge is -2.40. The first kappa shape index (κ1) is 29.9. The Morgan fingerprint density at radius 3 is 1.89 bits per heavy atom. The van der Waals surface area contributed by atoms with Gasteiger partial charge >= 0.3 is 0 Å². The lowest BCUT2D eigenvalue weighted by atomic mass is 9.96. The van der Waals surface area contributed by atoms with Crippen molar-refractivity contribution in [2.45, 2.75) is 37.9 Å². The third-order valence-corrected chi connectivity index (χ3v) is 9.28. The van der Waals surface area contributed by atoms with Crippen LogP contribution in [0.1, 0.15) is 41.1 Å². The Balaban J connectivity index is 1.06. The first-order chi connectivity index (χ1) is 21.6.